The van der Waals surface area contributed by atoms with Crippen molar-refractivity contribution in [2.45, 2.75) is 74.4 Å². The second kappa shape index (κ2) is 9.60. The Hall–Kier alpha value is -2.42. The first-order chi connectivity index (χ1) is 15.3. The Labute approximate surface area is 189 Å². The van der Waals surface area contributed by atoms with E-state index in [0.29, 0.717) is 31.7 Å². The third-order valence-electron chi connectivity index (χ3n) is 6.89. The maximum absolute atomic E-state index is 13.0. The molecule has 1 aromatic rings. The van der Waals surface area contributed by atoms with Gasteiger partial charge in [-0.2, -0.15) is 0 Å². The van der Waals surface area contributed by atoms with Crippen LogP contribution in [-0.4, -0.2) is 61.5 Å². The lowest BCUT2D eigenvalue weighted by Crippen LogP contribution is -2.67. The molecule has 2 N–H and O–H groups in total. The summed E-state index contributed by atoms with van der Waals surface area (Å²) in [5.41, 5.74) is 0. The Balaban J connectivity index is 1.32. The Kier molecular flexibility index (Phi) is 6.83. The van der Waals surface area contributed by atoms with Crippen molar-refractivity contribution >= 4 is 27.6 Å². The van der Waals surface area contributed by atoms with Gasteiger partial charge in [-0.15, -0.1) is 0 Å². The highest BCUT2D eigenvalue weighted by molar-refractivity contribution is 7.92. The van der Waals surface area contributed by atoms with E-state index in [2.05, 4.69) is 10.6 Å². The van der Waals surface area contributed by atoms with Crippen molar-refractivity contribution in [2.75, 3.05) is 12.3 Å². The van der Waals surface area contributed by atoms with Crippen LogP contribution in [0.2, 0.25) is 0 Å². The minimum Gasteiger partial charge on any atom is -0.352 e. The summed E-state index contributed by atoms with van der Waals surface area (Å²) in [6, 6.07) is 6.44. The van der Waals surface area contributed by atoms with Crippen LogP contribution in [0.1, 0.15) is 51.4 Å². The molecule has 0 radical (unpaired) electrons. The maximum atomic E-state index is 13.0. The second-order valence-electron chi connectivity index (χ2n) is 9.21. The predicted molar refractivity (Wildman–Crippen MR) is 118 cm³/mol. The molecule has 1 aromatic carbocycles. The molecule has 3 fully saturated rings. The third-order valence-corrected chi connectivity index (χ3v) is 8.52. The van der Waals surface area contributed by atoms with E-state index in [1.165, 1.54) is 31.4 Å². The first kappa shape index (κ1) is 22.8. The van der Waals surface area contributed by atoms with Gasteiger partial charge in [-0.05, 0) is 37.3 Å². The number of carbonyl (C=O) groups is 3. The first-order valence-electron chi connectivity index (χ1n) is 11.5. The molecule has 3 amide bonds. The van der Waals surface area contributed by atoms with Gasteiger partial charge in [-0.25, -0.2) is 8.42 Å². The van der Waals surface area contributed by atoms with Gasteiger partial charge in [-0.3, -0.25) is 14.4 Å². The van der Waals surface area contributed by atoms with Crippen molar-refractivity contribution in [1.29, 1.82) is 0 Å². The summed E-state index contributed by atoms with van der Waals surface area (Å²) in [6.45, 7) is 0.383. The lowest BCUT2D eigenvalue weighted by molar-refractivity contribution is -0.152. The standard InChI is InChI=1S/C23H31N3O5S/c27-21(15-32(30,31)18-9-5-2-6-10-18)24-17-11-12-26-20(14-17)22(28)25-19(23(26)29)13-16-7-3-1-4-8-16/h2,5-6,9-10,16-17,19-20H,1,3-4,7-8,11-15H2,(H,24,27)(H,25,28)/t17-,19-,20-/m0/s1. The Morgan fingerprint density at radius 2 is 1.78 bits per heavy atom. The number of piperidine rings is 1. The van der Waals surface area contributed by atoms with Crippen LogP contribution in [0, 0.1) is 5.92 Å². The summed E-state index contributed by atoms with van der Waals surface area (Å²) in [5, 5.41) is 5.66. The van der Waals surface area contributed by atoms with E-state index in [1.54, 1.807) is 23.1 Å². The topological polar surface area (TPSA) is 113 Å². The molecule has 0 aromatic heterocycles. The van der Waals surface area contributed by atoms with E-state index in [0.717, 1.165) is 12.8 Å². The highest BCUT2D eigenvalue weighted by atomic mass is 32.2. The molecule has 0 bridgehead atoms. The van der Waals surface area contributed by atoms with Crippen LogP contribution in [-0.2, 0) is 24.2 Å². The van der Waals surface area contributed by atoms with E-state index in [1.807, 2.05) is 0 Å². The molecule has 0 spiro atoms. The zero-order valence-corrected chi connectivity index (χ0v) is 19.0. The molecule has 0 unspecified atom stereocenters. The Morgan fingerprint density at radius 1 is 1.06 bits per heavy atom. The molecule has 2 aliphatic heterocycles. The molecule has 1 aliphatic carbocycles. The molecule has 3 atom stereocenters. The summed E-state index contributed by atoms with van der Waals surface area (Å²) in [7, 11) is -3.73. The fraction of sp³-hybridized carbons (Fsp3) is 0.609. The van der Waals surface area contributed by atoms with Crippen LogP contribution in [0.15, 0.2) is 35.2 Å². The van der Waals surface area contributed by atoms with Gasteiger partial charge in [0.05, 0.1) is 4.90 Å². The molecule has 9 heteroatoms. The summed E-state index contributed by atoms with van der Waals surface area (Å²) < 4.78 is 24.9. The number of benzene rings is 1. The Bertz CT molecular complexity index is 959. The predicted octanol–water partition coefficient (Wildman–Crippen LogP) is 1.40. The van der Waals surface area contributed by atoms with E-state index in [-0.39, 0.29) is 22.8 Å². The number of hydrogen-bond donors (Lipinski definition) is 2. The number of amides is 3. The summed E-state index contributed by atoms with van der Waals surface area (Å²) in [4.78, 5) is 39.9. The van der Waals surface area contributed by atoms with Gasteiger partial charge in [0.1, 0.15) is 17.8 Å². The molecule has 174 valence electrons. The van der Waals surface area contributed by atoms with Gasteiger partial charge in [0.2, 0.25) is 17.7 Å². The number of rotatable bonds is 6. The molecule has 8 nitrogen and oxygen atoms in total. The van der Waals surface area contributed by atoms with E-state index in [4.69, 9.17) is 0 Å². The Morgan fingerprint density at radius 3 is 2.50 bits per heavy atom. The molecule has 4 rings (SSSR count). The van der Waals surface area contributed by atoms with Crippen molar-refractivity contribution < 1.29 is 22.8 Å². The average Bonchev–Trinajstić information content (AvgIpc) is 2.78. The summed E-state index contributed by atoms with van der Waals surface area (Å²) in [5.74, 6) is -0.961. The van der Waals surface area contributed by atoms with Gasteiger partial charge >= 0.3 is 0 Å². The number of piperazine rings is 1. The number of hydrogen-bond acceptors (Lipinski definition) is 5. The fourth-order valence-electron chi connectivity index (χ4n) is 5.21. The second-order valence-corrected chi connectivity index (χ2v) is 11.2. The van der Waals surface area contributed by atoms with Crippen molar-refractivity contribution in [1.82, 2.24) is 15.5 Å². The number of sulfone groups is 1. The monoisotopic (exact) mass is 461 g/mol. The molecule has 3 aliphatic rings. The van der Waals surface area contributed by atoms with Crippen LogP contribution in [0.25, 0.3) is 0 Å². The van der Waals surface area contributed by atoms with Crippen molar-refractivity contribution in [3.63, 3.8) is 0 Å². The van der Waals surface area contributed by atoms with Crippen LogP contribution in [0.4, 0.5) is 0 Å². The van der Waals surface area contributed by atoms with Crippen LogP contribution < -0.4 is 10.6 Å². The average molecular weight is 462 g/mol. The van der Waals surface area contributed by atoms with Crippen LogP contribution in [0.3, 0.4) is 0 Å². The van der Waals surface area contributed by atoms with Crippen molar-refractivity contribution in [3.05, 3.63) is 30.3 Å². The van der Waals surface area contributed by atoms with Crippen molar-refractivity contribution in [3.8, 4) is 0 Å². The normalized spacial score (nSPS) is 26.9. The lowest BCUT2D eigenvalue weighted by atomic mass is 9.83. The van der Waals surface area contributed by atoms with Gasteiger partial charge in [0.25, 0.3) is 0 Å². The zero-order valence-electron chi connectivity index (χ0n) is 18.2. The van der Waals surface area contributed by atoms with Crippen LogP contribution >= 0.6 is 0 Å². The third kappa shape index (κ3) is 5.14. The van der Waals surface area contributed by atoms with Gasteiger partial charge in [-0.1, -0.05) is 50.3 Å². The lowest BCUT2D eigenvalue weighted by Gasteiger charge is -2.44. The smallest absolute Gasteiger partial charge is 0.245 e. The quantitative estimate of drug-likeness (QED) is 0.665. The highest BCUT2D eigenvalue weighted by Gasteiger charge is 2.44. The molecule has 1 saturated carbocycles. The zero-order chi connectivity index (χ0) is 22.7. The van der Waals surface area contributed by atoms with E-state index in [9.17, 15) is 22.8 Å². The van der Waals surface area contributed by atoms with Gasteiger partial charge in [0.15, 0.2) is 9.84 Å². The molecular formula is C23H31N3O5S. The summed E-state index contributed by atoms with van der Waals surface area (Å²) in [6.07, 6.45) is 7.35. The number of nitrogens with one attached hydrogen (secondary N) is 2. The number of carbonyl (C=O) groups excluding carboxylic acids is 3. The summed E-state index contributed by atoms with van der Waals surface area (Å²) >= 11 is 0. The molecule has 2 heterocycles. The van der Waals surface area contributed by atoms with E-state index >= 15 is 0 Å². The van der Waals surface area contributed by atoms with Gasteiger partial charge < -0.3 is 15.5 Å². The minimum atomic E-state index is -3.73. The van der Waals surface area contributed by atoms with Crippen LogP contribution in [0.5, 0.6) is 0 Å². The van der Waals surface area contributed by atoms with E-state index < -0.39 is 33.6 Å². The largest absolute Gasteiger partial charge is 0.352 e. The van der Waals surface area contributed by atoms with Crippen molar-refractivity contribution in [2.24, 2.45) is 5.92 Å². The number of nitrogens with zero attached hydrogens (tertiary/aromatic N) is 1. The fourth-order valence-corrected chi connectivity index (χ4v) is 6.37. The minimum absolute atomic E-state index is 0.0309. The highest BCUT2D eigenvalue weighted by Crippen LogP contribution is 2.30. The molecule has 32 heavy (non-hydrogen) atoms. The molecular weight excluding hydrogens is 430 g/mol. The first-order valence-corrected chi connectivity index (χ1v) is 13.2. The molecule has 2 saturated heterocycles. The SMILES string of the molecule is O=C(CS(=O)(=O)c1ccccc1)N[C@H]1CCN2C(=O)[C@H](CC3CCCCC3)NC(=O)[C@@H]2C1. The maximum Gasteiger partial charge on any atom is 0.245 e. The number of fused-ring (bicyclic) bond motifs is 1. The van der Waals surface area contributed by atoms with Gasteiger partial charge in [0, 0.05) is 12.6 Å².